The van der Waals surface area contributed by atoms with Crippen molar-refractivity contribution in [3.05, 3.63) is 45.1 Å². The van der Waals surface area contributed by atoms with Crippen molar-refractivity contribution in [1.29, 1.82) is 0 Å². The topological polar surface area (TPSA) is 75.6 Å². The highest BCUT2D eigenvalue weighted by atomic mass is 79.9. The van der Waals surface area contributed by atoms with Crippen molar-refractivity contribution in [1.82, 2.24) is 0 Å². The SMILES string of the molecule is CC(Oc1ccc(Br)cc1)C(=O)Nc1ccsc1C(=O)O. The van der Waals surface area contributed by atoms with Gasteiger partial charge in [0.1, 0.15) is 10.6 Å². The molecule has 2 rings (SSSR count). The van der Waals surface area contributed by atoms with Crippen LogP contribution in [-0.2, 0) is 4.79 Å². The van der Waals surface area contributed by atoms with Crippen LogP contribution in [0.25, 0.3) is 0 Å². The summed E-state index contributed by atoms with van der Waals surface area (Å²) in [6, 6.07) is 8.64. The smallest absolute Gasteiger partial charge is 0.348 e. The van der Waals surface area contributed by atoms with E-state index in [0.717, 1.165) is 15.8 Å². The number of hydrogen-bond donors (Lipinski definition) is 2. The fourth-order valence-corrected chi connectivity index (χ4v) is 2.53. The molecule has 0 saturated heterocycles. The average Bonchev–Trinajstić information content (AvgIpc) is 2.89. The van der Waals surface area contributed by atoms with Gasteiger partial charge in [-0.15, -0.1) is 11.3 Å². The molecule has 0 aliphatic rings. The summed E-state index contributed by atoms with van der Waals surface area (Å²) in [6.07, 6.45) is -0.743. The van der Waals surface area contributed by atoms with Gasteiger partial charge in [0.15, 0.2) is 6.10 Å². The second kappa shape index (κ2) is 6.73. The molecular formula is C14H12BrNO4S. The molecule has 21 heavy (non-hydrogen) atoms. The Morgan fingerprint density at radius 3 is 2.57 bits per heavy atom. The van der Waals surface area contributed by atoms with E-state index in [4.69, 9.17) is 9.84 Å². The van der Waals surface area contributed by atoms with Crippen LogP contribution in [0.2, 0.25) is 0 Å². The van der Waals surface area contributed by atoms with Crippen molar-refractivity contribution in [2.75, 3.05) is 5.32 Å². The molecular weight excluding hydrogens is 358 g/mol. The summed E-state index contributed by atoms with van der Waals surface area (Å²) in [5.74, 6) is -0.912. The first-order valence-electron chi connectivity index (χ1n) is 6.01. The number of benzene rings is 1. The molecule has 1 atom stereocenters. The monoisotopic (exact) mass is 369 g/mol. The maximum Gasteiger partial charge on any atom is 0.348 e. The Kier molecular flexibility index (Phi) is 4.98. The first-order valence-corrected chi connectivity index (χ1v) is 7.68. The number of hydrogen-bond acceptors (Lipinski definition) is 4. The second-order valence-electron chi connectivity index (χ2n) is 4.17. The molecule has 1 aromatic carbocycles. The number of halogens is 1. The molecule has 7 heteroatoms. The van der Waals surface area contributed by atoms with Gasteiger partial charge in [-0.1, -0.05) is 15.9 Å². The van der Waals surface area contributed by atoms with Gasteiger partial charge in [-0.25, -0.2) is 4.79 Å². The lowest BCUT2D eigenvalue weighted by Gasteiger charge is -2.14. The van der Waals surface area contributed by atoms with Gasteiger partial charge >= 0.3 is 5.97 Å². The molecule has 0 saturated carbocycles. The number of anilines is 1. The highest BCUT2D eigenvalue weighted by Crippen LogP contribution is 2.23. The molecule has 1 amide bonds. The standard InChI is InChI=1S/C14H12BrNO4S/c1-8(20-10-4-2-9(15)3-5-10)13(17)16-11-6-7-21-12(11)14(18)19/h2-8H,1H3,(H,16,17)(H,18,19). The van der Waals surface area contributed by atoms with Gasteiger partial charge in [0.25, 0.3) is 5.91 Å². The Morgan fingerprint density at radius 1 is 1.29 bits per heavy atom. The van der Waals surface area contributed by atoms with Gasteiger partial charge in [0.2, 0.25) is 0 Å². The Labute approximate surface area is 133 Å². The first kappa shape index (κ1) is 15.5. The van der Waals surface area contributed by atoms with Gasteiger partial charge in [-0.05, 0) is 42.6 Å². The van der Waals surface area contributed by atoms with E-state index in [-0.39, 0.29) is 10.6 Å². The summed E-state index contributed by atoms with van der Waals surface area (Å²) in [7, 11) is 0. The predicted molar refractivity (Wildman–Crippen MR) is 84.1 cm³/mol. The van der Waals surface area contributed by atoms with Crippen molar-refractivity contribution in [2.24, 2.45) is 0 Å². The summed E-state index contributed by atoms with van der Waals surface area (Å²) >= 11 is 4.37. The maximum atomic E-state index is 12.0. The molecule has 110 valence electrons. The molecule has 0 aliphatic carbocycles. The van der Waals surface area contributed by atoms with Crippen LogP contribution < -0.4 is 10.1 Å². The zero-order chi connectivity index (χ0) is 15.4. The van der Waals surface area contributed by atoms with E-state index in [1.807, 2.05) is 0 Å². The lowest BCUT2D eigenvalue weighted by molar-refractivity contribution is -0.122. The molecule has 0 fully saturated rings. The van der Waals surface area contributed by atoms with Crippen LogP contribution in [0.3, 0.4) is 0 Å². The van der Waals surface area contributed by atoms with E-state index in [1.54, 1.807) is 42.6 Å². The van der Waals surface area contributed by atoms with E-state index in [0.29, 0.717) is 5.75 Å². The number of aromatic carboxylic acids is 1. The molecule has 0 spiro atoms. The molecule has 2 aromatic rings. The molecule has 1 aromatic heterocycles. The Balaban J connectivity index is 2.01. The summed E-state index contributed by atoms with van der Waals surface area (Å²) < 4.78 is 6.42. The number of carbonyl (C=O) groups excluding carboxylic acids is 1. The highest BCUT2D eigenvalue weighted by molar-refractivity contribution is 9.10. The average molecular weight is 370 g/mol. The van der Waals surface area contributed by atoms with E-state index < -0.39 is 18.0 Å². The lowest BCUT2D eigenvalue weighted by Crippen LogP contribution is -2.30. The van der Waals surface area contributed by atoms with Crippen LogP contribution in [0.4, 0.5) is 5.69 Å². The molecule has 5 nitrogen and oxygen atoms in total. The maximum absolute atomic E-state index is 12.0. The van der Waals surface area contributed by atoms with Gasteiger partial charge in [0, 0.05) is 4.47 Å². The normalized spacial score (nSPS) is 11.7. The minimum absolute atomic E-state index is 0.0965. The van der Waals surface area contributed by atoms with Gasteiger partial charge in [-0.3, -0.25) is 4.79 Å². The minimum atomic E-state index is -1.07. The number of carboxylic acids is 1. The summed E-state index contributed by atoms with van der Waals surface area (Å²) in [5.41, 5.74) is 0.281. The van der Waals surface area contributed by atoms with Gasteiger partial charge in [0.05, 0.1) is 5.69 Å². The van der Waals surface area contributed by atoms with Crippen molar-refractivity contribution in [2.45, 2.75) is 13.0 Å². The third-order valence-electron chi connectivity index (χ3n) is 2.61. The second-order valence-corrected chi connectivity index (χ2v) is 6.00. The molecule has 1 unspecified atom stereocenters. The Hall–Kier alpha value is -1.86. The number of carboxylic acid groups (broad SMARTS) is 1. The van der Waals surface area contributed by atoms with E-state index in [9.17, 15) is 9.59 Å². The number of nitrogens with one attached hydrogen (secondary N) is 1. The van der Waals surface area contributed by atoms with Crippen LogP contribution >= 0.6 is 27.3 Å². The number of ether oxygens (including phenoxy) is 1. The molecule has 0 bridgehead atoms. The molecule has 0 aliphatic heterocycles. The Morgan fingerprint density at radius 2 is 1.95 bits per heavy atom. The van der Waals surface area contributed by atoms with Crippen molar-refractivity contribution in [3.8, 4) is 5.75 Å². The third-order valence-corrected chi connectivity index (χ3v) is 4.04. The van der Waals surface area contributed by atoms with Crippen molar-refractivity contribution in [3.63, 3.8) is 0 Å². The number of thiophene rings is 1. The zero-order valence-electron chi connectivity index (χ0n) is 11.0. The number of rotatable bonds is 5. The van der Waals surface area contributed by atoms with E-state index in [1.165, 1.54) is 0 Å². The predicted octanol–water partition coefficient (Wildman–Crippen LogP) is 3.61. The van der Waals surface area contributed by atoms with Crippen molar-refractivity contribution < 1.29 is 19.4 Å². The fourth-order valence-electron chi connectivity index (χ4n) is 1.58. The third kappa shape index (κ3) is 4.05. The summed E-state index contributed by atoms with van der Waals surface area (Å²) in [5, 5.41) is 13.2. The van der Waals surface area contributed by atoms with Crippen LogP contribution in [0.5, 0.6) is 5.75 Å². The quantitative estimate of drug-likeness (QED) is 0.843. The first-order chi connectivity index (χ1) is 9.97. The van der Waals surface area contributed by atoms with Gasteiger partial charge < -0.3 is 15.2 Å². The zero-order valence-corrected chi connectivity index (χ0v) is 13.4. The van der Waals surface area contributed by atoms with E-state index >= 15 is 0 Å². The van der Waals surface area contributed by atoms with Crippen LogP contribution in [0, 0.1) is 0 Å². The lowest BCUT2D eigenvalue weighted by atomic mass is 10.3. The Bertz CT molecular complexity index is 653. The van der Waals surface area contributed by atoms with Crippen LogP contribution in [0.15, 0.2) is 40.2 Å². The van der Waals surface area contributed by atoms with Gasteiger partial charge in [-0.2, -0.15) is 0 Å². The van der Waals surface area contributed by atoms with Crippen molar-refractivity contribution >= 4 is 44.8 Å². The summed E-state index contributed by atoms with van der Waals surface area (Å²) in [4.78, 5) is 23.1. The fraction of sp³-hybridized carbons (Fsp3) is 0.143. The van der Waals surface area contributed by atoms with Crippen LogP contribution in [0.1, 0.15) is 16.6 Å². The minimum Gasteiger partial charge on any atom is -0.481 e. The molecule has 2 N–H and O–H groups in total. The number of amides is 1. The summed E-state index contributed by atoms with van der Waals surface area (Å²) in [6.45, 7) is 1.60. The van der Waals surface area contributed by atoms with Crippen LogP contribution in [-0.4, -0.2) is 23.1 Å². The largest absolute Gasteiger partial charge is 0.481 e. The molecule has 0 radical (unpaired) electrons. The van der Waals surface area contributed by atoms with E-state index in [2.05, 4.69) is 21.2 Å². The number of carbonyl (C=O) groups is 2. The highest BCUT2D eigenvalue weighted by Gasteiger charge is 2.19. The molecule has 1 heterocycles.